The van der Waals surface area contributed by atoms with E-state index in [-0.39, 0.29) is 5.69 Å². The van der Waals surface area contributed by atoms with Crippen molar-refractivity contribution in [2.75, 3.05) is 0 Å². The highest BCUT2D eigenvalue weighted by Gasteiger charge is 2.05. The molecular formula is C8H5BrFNO. The highest BCUT2D eigenvalue weighted by Crippen LogP contribution is 2.26. The van der Waals surface area contributed by atoms with Crippen LogP contribution in [0.25, 0.3) is 0 Å². The van der Waals surface area contributed by atoms with Crippen LogP contribution < -0.4 is 0 Å². The van der Waals surface area contributed by atoms with Gasteiger partial charge in [-0.1, -0.05) is 0 Å². The fraction of sp³-hybridized carbons (Fsp3) is 0.125. The minimum Gasteiger partial charge on any atom is -0.211 e. The summed E-state index contributed by atoms with van der Waals surface area (Å²) in [5.41, 5.74) is 0.842. The largest absolute Gasteiger partial charge is 0.240 e. The summed E-state index contributed by atoms with van der Waals surface area (Å²) in [4.78, 5) is 13.1. The number of hydrogen-bond donors (Lipinski definition) is 0. The van der Waals surface area contributed by atoms with Gasteiger partial charge in [0, 0.05) is 0 Å². The van der Waals surface area contributed by atoms with Crippen LogP contribution >= 0.6 is 15.9 Å². The first-order chi connectivity index (χ1) is 5.65. The van der Waals surface area contributed by atoms with E-state index in [1.54, 1.807) is 13.0 Å². The van der Waals surface area contributed by atoms with Crippen LogP contribution in [0.1, 0.15) is 5.56 Å². The van der Waals surface area contributed by atoms with E-state index >= 15 is 0 Å². The molecule has 0 spiro atoms. The van der Waals surface area contributed by atoms with E-state index in [1.807, 2.05) is 0 Å². The van der Waals surface area contributed by atoms with Crippen LogP contribution in [0.15, 0.2) is 21.6 Å². The third-order valence-electron chi connectivity index (χ3n) is 1.32. The number of benzene rings is 1. The van der Waals surface area contributed by atoms with Crippen molar-refractivity contribution in [3.05, 3.63) is 28.0 Å². The summed E-state index contributed by atoms with van der Waals surface area (Å²) in [7, 11) is 0. The molecule has 0 fully saturated rings. The smallest absolute Gasteiger partial charge is 0.211 e. The van der Waals surface area contributed by atoms with Crippen LogP contribution in [0.2, 0.25) is 0 Å². The molecule has 0 saturated carbocycles. The molecule has 4 heteroatoms. The lowest BCUT2D eigenvalue weighted by Gasteiger charge is -1.99. The van der Waals surface area contributed by atoms with E-state index in [9.17, 15) is 9.18 Å². The normalized spacial score (nSPS) is 9.25. The molecule has 0 aliphatic carbocycles. The fourth-order valence-corrected chi connectivity index (χ4v) is 1.40. The Kier molecular flexibility index (Phi) is 2.74. The maximum Gasteiger partial charge on any atom is 0.240 e. The Balaban J connectivity index is 3.36. The molecule has 1 aromatic carbocycles. The van der Waals surface area contributed by atoms with Crippen molar-refractivity contribution >= 4 is 27.7 Å². The molecule has 12 heavy (non-hydrogen) atoms. The van der Waals surface area contributed by atoms with E-state index in [0.717, 1.165) is 5.56 Å². The van der Waals surface area contributed by atoms with Crippen molar-refractivity contribution in [1.82, 2.24) is 0 Å². The monoisotopic (exact) mass is 229 g/mol. The van der Waals surface area contributed by atoms with Gasteiger partial charge >= 0.3 is 0 Å². The SMILES string of the molecule is Cc1cc(Br)c(F)c(N=C=O)c1. The second-order valence-electron chi connectivity index (χ2n) is 2.28. The highest BCUT2D eigenvalue weighted by molar-refractivity contribution is 9.10. The first kappa shape index (κ1) is 9.10. The van der Waals surface area contributed by atoms with Crippen molar-refractivity contribution in [2.45, 2.75) is 6.92 Å². The molecule has 1 aromatic rings. The first-order valence-corrected chi connectivity index (χ1v) is 3.98. The van der Waals surface area contributed by atoms with Crippen molar-refractivity contribution in [1.29, 1.82) is 0 Å². The number of hydrogen-bond acceptors (Lipinski definition) is 2. The lowest BCUT2D eigenvalue weighted by atomic mass is 10.2. The van der Waals surface area contributed by atoms with Crippen LogP contribution in [0.3, 0.4) is 0 Å². The van der Waals surface area contributed by atoms with Crippen molar-refractivity contribution < 1.29 is 9.18 Å². The Hall–Kier alpha value is -0.990. The van der Waals surface area contributed by atoms with Crippen LogP contribution in [0.4, 0.5) is 10.1 Å². The van der Waals surface area contributed by atoms with Crippen LogP contribution in [0.5, 0.6) is 0 Å². The highest BCUT2D eigenvalue weighted by atomic mass is 79.9. The number of rotatable bonds is 1. The summed E-state index contributed by atoms with van der Waals surface area (Å²) >= 11 is 3.00. The van der Waals surface area contributed by atoms with Gasteiger partial charge < -0.3 is 0 Å². The van der Waals surface area contributed by atoms with Crippen LogP contribution in [-0.4, -0.2) is 6.08 Å². The van der Waals surface area contributed by atoms with Crippen LogP contribution in [-0.2, 0) is 4.79 Å². The molecule has 0 saturated heterocycles. The van der Waals surface area contributed by atoms with Gasteiger partial charge in [-0.2, -0.15) is 4.99 Å². The Morgan fingerprint density at radius 2 is 2.25 bits per heavy atom. The Morgan fingerprint density at radius 3 is 2.83 bits per heavy atom. The third-order valence-corrected chi connectivity index (χ3v) is 1.90. The Bertz CT molecular complexity index is 358. The van der Waals surface area contributed by atoms with Gasteiger partial charge in [0.1, 0.15) is 5.69 Å². The zero-order valence-electron chi connectivity index (χ0n) is 6.27. The predicted octanol–water partition coefficient (Wildman–Crippen LogP) is 2.86. The molecular weight excluding hydrogens is 225 g/mol. The maximum absolute atomic E-state index is 13.0. The minimum absolute atomic E-state index is 0.0110. The van der Waals surface area contributed by atoms with Crippen molar-refractivity contribution in [3.8, 4) is 0 Å². The summed E-state index contributed by atoms with van der Waals surface area (Å²) in [6, 6.07) is 3.09. The number of nitrogens with zero attached hydrogens (tertiary/aromatic N) is 1. The molecule has 1 rings (SSSR count). The van der Waals surface area contributed by atoms with Gasteiger partial charge in [-0.3, -0.25) is 0 Å². The topological polar surface area (TPSA) is 29.4 Å². The molecule has 62 valence electrons. The first-order valence-electron chi connectivity index (χ1n) is 3.18. The van der Waals surface area contributed by atoms with Crippen LogP contribution in [0, 0.1) is 12.7 Å². The lowest BCUT2D eigenvalue weighted by Crippen LogP contribution is -1.81. The summed E-state index contributed by atoms with van der Waals surface area (Å²) < 4.78 is 13.4. The minimum atomic E-state index is -0.538. The van der Waals surface area contributed by atoms with E-state index in [4.69, 9.17) is 0 Å². The number of aliphatic imine (C=N–C) groups is 1. The van der Waals surface area contributed by atoms with Gasteiger partial charge in [-0.15, -0.1) is 0 Å². The fourth-order valence-electron chi connectivity index (χ4n) is 0.837. The molecule has 0 heterocycles. The van der Waals surface area contributed by atoms with Crippen molar-refractivity contribution in [2.24, 2.45) is 4.99 Å². The second kappa shape index (κ2) is 3.61. The molecule has 0 bridgehead atoms. The molecule has 0 aromatic heterocycles. The molecule has 2 nitrogen and oxygen atoms in total. The lowest BCUT2D eigenvalue weighted by molar-refractivity contribution is 0.564. The summed E-state index contributed by atoms with van der Waals surface area (Å²) in [5.74, 6) is -0.538. The van der Waals surface area contributed by atoms with Gasteiger partial charge in [0.25, 0.3) is 0 Å². The van der Waals surface area contributed by atoms with E-state index in [2.05, 4.69) is 20.9 Å². The zero-order valence-corrected chi connectivity index (χ0v) is 7.85. The molecule has 0 N–H and O–H groups in total. The number of halogens is 2. The van der Waals surface area contributed by atoms with E-state index < -0.39 is 5.82 Å². The number of aryl methyl sites for hydroxylation is 1. The van der Waals surface area contributed by atoms with Gasteiger partial charge in [0.2, 0.25) is 6.08 Å². The van der Waals surface area contributed by atoms with E-state index in [1.165, 1.54) is 12.1 Å². The van der Waals surface area contributed by atoms with E-state index in [0.29, 0.717) is 4.47 Å². The molecule has 0 aliphatic rings. The number of carbonyl (C=O) groups excluding carboxylic acids is 1. The standard InChI is InChI=1S/C8H5BrFNO/c1-5-2-6(9)8(10)7(3-5)11-4-12/h2-3H,1H3. The molecule has 0 amide bonds. The quantitative estimate of drug-likeness (QED) is 0.538. The van der Waals surface area contributed by atoms with Crippen molar-refractivity contribution in [3.63, 3.8) is 0 Å². The summed E-state index contributed by atoms with van der Waals surface area (Å²) in [5, 5.41) is 0. The molecule has 0 atom stereocenters. The molecule has 0 radical (unpaired) electrons. The number of isocyanates is 1. The Labute approximate surface area is 77.3 Å². The third kappa shape index (κ3) is 1.78. The average Bonchev–Trinajstić information content (AvgIpc) is 2.00. The summed E-state index contributed by atoms with van der Waals surface area (Å²) in [6.45, 7) is 1.79. The predicted molar refractivity (Wildman–Crippen MR) is 46.6 cm³/mol. The zero-order chi connectivity index (χ0) is 9.14. The Morgan fingerprint density at radius 1 is 1.58 bits per heavy atom. The summed E-state index contributed by atoms with van der Waals surface area (Å²) in [6.07, 6.45) is 1.29. The maximum atomic E-state index is 13.0. The van der Waals surface area contributed by atoms with Gasteiger partial charge in [-0.25, -0.2) is 9.18 Å². The van der Waals surface area contributed by atoms with Gasteiger partial charge in [-0.05, 0) is 40.5 Å². The molecule has 0 unspecified atom stereocenters. The molecule has 0 aliphatic heterocycles. The van der Waals surface area contributed by atoms with Gasteiger partial charge in [0.05, 0.1) is 4.47 Å². The van der Waals surface area contributed by atoms with Gasteiger partial charge in [0.15, 0.2) is 5.82 Å². The average molecular weight is 230 g/mol. The second-order valence-corrected chi connectivity index (χ2v) is 3.14.